The Balaban J connectivity index is 1.70. The van der Waals surface area contributed by atoms with Gasteiger partial charge >= 0.3 is 0 Å². The fourth-order valence-electron chi connectivity index (χ4n) is 2.85. The minimum atomic E-state index is -0.447. The summed E-state index contributed by atoms with van der Waals surface area (Å²) in [4.78, 5) is 31.4. The fraction of sp³-hybridized carbons (Fsp3) is 0.278. The topological polar surface area (TPSA) is 53.5 Å². The van der Waals surface area contributed by atoms with E-state index >= 15 is 0 Å². The van der Waals surface area contributed by atoms with Crippen LogP contribution in [0.1, 0.15) is 27.8 Å². The van der Waals surface area contributed by atoms with Crippen LogP contribution in [0.3, 0.4) is 0 Å². The maximum Gasteiger partial charge on any atom is 0.274 e. The molecule has 1 aromatic carbocycles. The zero-order valence-electron chi connectivity index (χ0n) is 14.0. The Morgan fingerprint density at radius 2 is 1.77 bits per heavy atom. The molecule has 0 spiro atoms. The number of ketones is 1. The Hall–Kier alpha value is -2.18. The third-order valence-electron chi connectivity index (χ3n) is 4.28. The van der Waals surface area contributed by atoms with E-state index in [2.05, 4.69) is 4.98 Å². The molecule has 3 rings (SSSR count). The van der Waals surface area contributed by atoms with Crippen molar-refractivity contribution in [2.75, 3.05) is 31.1 Å². The standard InChI is InChI=1S/C18H16Cl2FN3O2/c1-11(25)12-2-4-15(14(21)10-12)23-6-8-24(9-7-23)18(26)17-13(19)3-5-16(20)22-17/h2-5,10H,6-9H2,1H3. The Kier molecular flexibility index (Phi) is 5.44. The van der Waals surface area contributed by atoms with Gasteiger partial charge in [-0.2, -0.15) is 0 Å². The van der Waals surface area contributed by atoms with E-state index in [0.717, 1.165) is 0 Å². The number of benzene rings is 1. The van der Waals surface area contributed by atoms with Gasteiger partial charge in [0.1, 0.15) is 16.7 Å². The summed E-state index contributed by atoms with van der Waals surface area (Å²) in [7, 11) is 0. The first-order valence-corrected chi connectivity index (χ1v) is 8.79. The van der Waals surface area contributed by atoms with Gasteiger partial charge in [-0.3, -0.25) is 9.59 Å². The van der Waals surface area contributed by atoms with E-state index in [-0.39, 0.29) is 27.6 Å². The molecule has 0 aliphatic carbocycles. The second kappa shape index (κ2) is 7.60. The van der Waals surface area contributed by atoms with E-state index in [4.69, 9.17) is 23.2 Å². The van der Waals surface area contributed by atoms with Crippen LogP contribution in [-0.4, -0.2) is 47.8 Å². The van der Waals surface area contributed by atoms with E-state index in [9.17, 15) is 14.0 Å². The first kappa shape index (κ1) is 18.6. The molecule has 26 heavy (non-hydrogen) atoms. The molecular weight excluding hydrogens is 380 g/mol. The number of hydrogen-bond donors (Lipinski definition) is 0. The first-order chi connectivity index (χ1) is 12.4. The quantitative estimate of drug-likeness (QED) is 0.587. The van der Waals surface area contributed by atoms with Crippen LogP contribution < -0.4 is 4.90 Å². The summed E-state index contributed by atoms with van der Waals surface area (Å²) in [6, 6.07) is 7.50. The van der Waals surface area contributed by atoms with Crippen molar-refractivity contribution >= 4 is 40.6 Å². The van der Waals surface area contributed by atoms with E-state index in [1.54, 1.807) is 17.0 Å². The second-order valence-corrected chi connectivity index (χ2v) is 6.76. The number of Topliss-reactive ketones (excluding diaryl/α,β-unsaturated/α-hetero) is 1. The van der Waals surface area contributed by atoms with Crippen LogP contribution in [0.5, 0.6) is 0 Å². The van der Waals surface area contributed by atoms with Crippen LogP contribution in [-0.2, 0) is 0 Å². The molecule has 5 nitrogen and oxygen atoms in total. The molecule has 0 atom stereocenters. The third kappa shape index (κ3) is 3.81. The van der Waals surface area contributed by atoms with Crippen LogP contribution in [0.25, 0.3) is 0 Å². The zero-order chi connectivity index (χ0) is 18.8. The molecule has 136 valence electrons. The lowest BCUT2D eigenvalue weighted by Gasteiger charge is -2.36. The van der Waals surface area contributed by atoms with Crippen molar-refractivity contribution in [3.63, 3.8) is 0 Å². The minimum absolute atomic E-state index is 0.115. The molecule has 0 radical (unpaired) electrons. The predicted octanol–water partition coefficient (Wildman–Crippen LogP) is 3.69. The lowest BCUT2D eigenvalue weighted by molar-refractivity contribution is 0.0740. The van der Waals surface area contributed by atoms with Crippen LogP contribution >= 0.6 is 23.2 Å². The number of halogens is 3. The number of piperazine rings is 1. The van der Waals surface area contributed by atoms with Crippen molar-refractivity contribution in [3.8, 4) is 0 Å². The van der Waals surface area contributed by atoms with Crippen LogP contribution in [0.4, 0.5) is 10.1 Å². The largest absolute Gasteiger partial charge is 0.366 e. The minimum Gasteiger partial charge on any atom is -0.366 e. The molecule has 1 aromatic heterocycles. The van der Waals surface area contributed by atoms with Gasteiger partial charge in [0.2, 0.25) is 0 Å². The molecule has 1 aliphatic rings. The van der Waals surface area contributed by atoms with Gasteiger partial charge in [0.15, 0.2) is 5.78 Å². The zero-order valence-corrected chi connectivity index (χ0v) is 15.5. The molecule has 8 heteroatoms. The molecule has 1 fully saturated rings. The molecule has 1 amide bonds. The molecule has 2 aromatic rings. The van der Waals surface area contributed by atoms with E-state index in [1.807, 2.05) is 4.90 Å². The lowest BCUT2D eigenvalue weighted by atomic mass is 10.1. The summed E-state index contributed by atoms with van der Waals surface area (Å²) in [6.45, 7) is 3.11. The van der Waals surface area contributed by atoms with Crippen LogP contribution in [0, 0.1) is 5.82 Å². The molecule has 2 heterocycles. The van der Waals surface area contributed by atoms with E-state index < -0.39 is 5.82 Å². The van der Waals surface area contributed by atoms with Crippen molar-refractivity contribution in [1.82, 2.24) is 9.88 Å². The van der Waals surface area contributed by atoms with Crippen molar-refractivity contribution in [1.29, 1.82) is 0 Å². The van der Waals surface area contributed by atoms with Crippen LogP contribution in [0.15, 0.2) is 30.3 Å². The smallest absolute Gasteiger partial charge is 0.274 e. The van der Waals surface area contributed by atoms with Gasteiger partial charge in [0, 0.05) is 31.7 Å². The number of anilines is 1. The molecule has 1 saturated heterocycles. The number of pyridine rings is 1. The summed E-state index contributed by atoms with van der Waals surface area (Å²) >= 11 is 11.9. The number of carbonyl (C=O) groups is 2. The third-order valence-corrected chi connectivity index (χ3v) is 4.79. The number of nitrogens with zero attached hydrogens (tertiary/aromatic N) is 3. The highest BCUT2D eigenvalue weighted by molar-refractivity contribution is 6.34. The van der Waals surface area contributed by atoms with Crippen molar-refractivity contribution in [3.05, 3.63) is 57.6 Å². The summed E-state index contributed by atoms with van der Waals surface area (Å²) in [5, 5.41) is 0.441. The number of hydrogen-bond acceptors (Lipinski definition) is 4. The number of aromatic nitrogens is 1. The van der Waals surface area contributed by atoms with E-state index in [0.29, 0.717) is 37.4 Å². The molecule has 0 bridgehead atoms. The fourth-order valence-corrected chi connectivity index (χ4v) is 3.18. The highest BCUT2D eigenvalue weighted by Crippen LogP contribution is 2.24. The Bertz CT molecular complexity index is 868. The molecule has 0 saturated carbocycles. The maximum atomic E-state index is 14.3. The first-order valence-electron chi connectivity index (χ1n) is 8.03. The molecule has 0 N–H and O–H groups in total. The molecule has 0 unspecified atom stereocenters. The number of amides is 1. The Morgan fingerprint density at radius 1 is 1.08 bits per heavy atom. The molecule has 1 aliphatic heterocycles. The average Bonchev–Trinajstić information content (AvgIpc) is 2.63. The maximum absolute atomic E-state index is 14.3. The van der Waals surface area contributed by atoms with E-state index in [1.165, 1.54) is 25.1 Å². The SMILES string of the molecule is CC(=O)c1ccc(N2CCN(C(=O)c3nc(Cl)ccc3Cl)CC2)c(F)c1. The normalized spacial score (nSPS) is 14.5. The highest BCUT2D eigenvalue weighted by atomic mass is 35.5. The summed E-state index contributed by atoms with van der Waals surface area (Å²) in [5.41, 5.74) is 0.868. The second-order valence-electron chi connectivity index (χ2n) is 5.97. The average molecular weight is 396 g/mol. The van der Waals surface area contributed by atoms with Gasteiger partial charge in [0.25, 0.3) is 5.91 Å². The summed E-state index contributed by atoms with van der Waals surface area (Å²) in [6.07, 6.45) is 0. The predicted molar refractivity (Wildman–Crippen MR) is 98.8 cm³/mol. The van der Waals surface area contributed by atoms with Gasteiger partial charge in [0.05, 0.1) is 10.7 Å². The summed E-state index contributed by atoms with van der Waals surface area (Å²) in [5.74, 6) is -0.932. The van der Waals surface area contributed by atoms with Crippen molar-refractivity contribution in [2.45, 2.75) is 6.92 Å². The summed E-state index contributed by atoms with van der Waals surface area (Å²) < 4.78 is 14.3. The lowest BCUT2D eigenvalue weighted by Crippen LogP contribution is -2.49. The van der Waals surface area contributed by atoms with Gasteiger partial charge in [-0.15, -0.1) is 0 Å². The monoisotopic (exact) mass is 395 g/mol. The van der Waals surface area contributed by atoms with Gasteiger partial charge in [-0.25, -0.2) is 9.37 Å². The van der Waals surface area contributed by atoms with Crippen molar-refractivity contribution < 1.29 is 14.0 Å². The van der Waals surface area contributed by atoms with Gasteiger partial charge in [-0.1, -0.05) is 23.2 Å². The van der Waals surface area contributed by atoms with Crippen molar-refractivity contribution in [2.24, 2.45) is 0 Å². The molecular formula is C18H16Cl2FN3O2. The number of rotatable bonds is 3. The Labute approximate surface area is 160 Å². The Morgan fingerprint density at radius 3 is 2.38 bits per heavy atom. The highest BCUT2D eigenvalue weighted by Gasteiger charge is 2.26. The number of carbonyl (C=O) groups excluding carboxylic acids is 2. The van der Waals surface area contributed by atoms with Crippen LogP contribution in [0.2, 0.25) is 10.2 Å². The van der Waals surface area contributed by atoms with Gasteiger partial charge < -0.3 is 9.80 Å². The van der Waals surface area contributed by atoms with Gasteiger partial charge in [-0.05, 0) is 37.3 Å².